The number of nitrogens with one attached hydrogen (secondary N) is 1. The van der Waals surface area contributed by atoms with E-state index in [9.17, 15) is 0 Å². The average Bonchev–Trinajstić information content (AvgIpc) is 3.09. The van der Waals surface area contributed by atoms with E-state index in [4.69, 9.17) is 9.78 Å². The van der Waals surface area contributed by atoms with E-state index in [1.54, 1.807) is 12.1 Å². The maximum absolute atomic E-state index is 8.73. The molecule has 2 heterocycles. The number of aromatic nitrogens is 3. The molecule has 0 radical (unpaired) electrons. The van der Waals surface area contributed by atoms with Gasteiger partial charge in [-0.15, -0.1) is 0 Å². The van der Waals surface area contributed by atoms with Crippen molar-refractivity contribution in [2.45, 2.75) is 31.6 Å². The van der Waals surface area contributed by atoms with Crippen LogP contribution in [0, 0.1) is 11.3 Å². The molecule has 2 aromatic heterocycles. The number of nitriles is 1. The lowest BCUT2D eigenvalue weighted by Crippen LogP contribution is -1.94. The lowest BCUT2D eigenvalue weighted by molar-refractivity contribution is 0.415. The topological polar surface area (TPSA) is 78.5 Å². The van der Waals surface area contributed by atoms with Crippen LogP contribution in [-0.2, 0) is 0 Å². The van der Waals surface area contributed by atoms with Crippen molar-refractivity contribution in [2.75, 3.05) is 0 Å². The maximum atomic E-state index is 8.73. The standard InChI is InChI=1S/C12H12N4O/c13-7-9-5-6-10(14-9)12-15-11(16-17-12)8-3-1-2-4-8/h5-6,8,14H,1-4H2. The largest absolute Gasteiger partial charge is 0.342 e. The van der Waals surface area contributed by atoms with Crippen molar-refractivity contribution in [3.63, 3.8) is 0 Å². The van der Waals surface area contributed by atoms with Crippen molar-refractivity contribution in [1.82, 2.24) is 15.1 Å². The minimum absolute atomic E-state index is 0.442. The van der Waals surface area contributed by atoms with Crippen LogP contribution in [0.15, 0.2) is 16.7 Å². The molecule has 17 heavy (non-hydrogen) atoms. The number of nitrogens with zero attached hydrogens (tertiary/aromatic N) is 3. The van der Waals surface area contributed by atoms with E-state index in [0.717, 1.165) is 18.7 Å². The molecule has 0 unspecified atom stereocenters. The Bertz CT molecular complexity index is 557. The molecule has 3 rings (SSSR count). The fourth-order valence-electron chi connectivity index (χ4n) is 2.28. The second kappa shape index (κ2) is 4.06. The Kier molecular flexibility index (Phi) is 2.41. The van der Waals surface area contributed by atoms with Gasteiger partial charge in [0.2, 0.25) is 0 Å². The molecule has 0 aliphatic heterocycles. The van der Waals surface area contributed by atoms with E-state index in [1.165, 1.54) is 12.8 Å². The zero-order valence-corrected chi connectivity index (χ0v) is 9.31. The summed E-state index contributed by atoms with van der Waals surface area (Å²) in [5.74, 6) is 1.71. The first-order valence-corrected chi connectivity index (χ1v) is 5.80. The molecule has 0 spiro atoms. The van der Waals surface area contributed by atoms with E-state index in [0.29, 0.717) is 23.2 Å². The van der Waals surface area contributed by atoms with Gasteiger partial charge in [-0.25, -0.2) is 0 Å². The van der Waals surface area contributed by atoms with Gasteiger partial charge >= 0.3 is 0 Å². The lowest BCUT2D eigenvalue weighted by atomic mass is 10.1. The van der Waals surface area contributed by atoms with Crippen molar-refractivity contribution >= 4 is 0 Å². The molecule has 2 aromatic rings. The van der Waals surface area contributed by atoms with E-state index in [-0.39, 0.29) is 0 Å². The molecule has 5 heteroatoms. The molecular formula is C12H12N4O. The fourth-order valence-corrected chi connectivity index (χ4v) is 2.28. The normalized spacial score (nSPS) is 16.2. The SMILES string of the molecule is N#Cc1ccc(-c2nc(C3CCCC3)no2)[nH]1. The summed E-state index contributed by atoms with van der Waals surface area (Å²) in [5, 5.41) is 12.7. The van der Waals surface area contributed by atoms with Crippen molar-refractivity contribution in [2.24, 2.45) is 0 Å². The van der Waals surface area contributed by atoms with Gasteiger partial charge in [-0.2, -0.15) is 10.2 Å². The predicted octanol–water partition coefficient (Wildman–Crippen LogP) is 2.59. The first-order valence-electron chi connectivity index (χ1n) is 5.80. The van der Waals surface area contributed by atoms with Crippen LogP contribution in [0.2, 0.25) is 0 Å². The van der Waals surface area contributed by atoms with Gasteiger partial charge in [-0.1, -0.05) is 18.0 Å². The minimum Gasteiger partial charge on any atom is -0.342 e. The van der Waals surface area contributed by atoms with E-state index in [1.807, 2.05) is 6.07 Å². The van der Waals surface area contributed by atoms with E-state index < -0.39 is 0 Å². The fraction of sp³-hybridized carbons (Fsp3) is 0.417. The van der Waals surface area contributed by atoms with E-state index >= 15 is 0 Å². The molecule has 0 saturated heterocycles. The lowest BCUT2D eigenvalue weighted by Gasteiger charge is -1.99. The third kappa shape index (κ3) is 1.82. The van der Waals surface area contributed by atoms with Gasteiger partial charge in [0.15, 0.2) is 5.82 Å². The Morgan fingerprint density at radius 3 is 2.88 bits per heavy atom. The van der Waals surface area contributed by atoms with Crippen LogP contribution in [0.3, 0.4) is 0 Å². The second-order valence-electron chi connectivity index (χ2n) is 4.34. The highest BCUT2D eigenvalue weighted by Gasteiger charge is 2.22. The molecule has 1 aliphatic carbocycles. The summed E-state index contributed by atoms with van der Waals surface area (Å²) in [5.41, 5.74) is 1.21. The van der Waals surface area contributed by atoms with Crippen molar-refractivity contribution in [3.05, 3.63) is 23.7 Å². The second-order valence-corrected chi connectivity index (χ2v) is 4.34. The van der Waals surface area contributed by atoms with Gasteiger partial charge in [0.25, 0.3) is 5.89 Å². The van der Waals surface area contributed by atoms with Gasteiger partial charge in [0.1, 0.15) is 17.5 Å². The summed E-state index contributed by atoms with van der Waals surface area (Å²) >= 11 is 0. The first-order chi connectivity index (χ1) is 8.36. The Morgan fingerprint density at radius 1 is 1.35 bits per heavy atom. The third-order valence-corrected chi connectivity index (χ3v) is 3.20. The summed E-state index contributed by atoms with van der Waals surface area (Å²) in [4.78, 5) is 7.32. The molecule has 1 aliphatic rings. The first kappa shape index (κ1) is 10.1. The van der Waals surface area contributed by atoms with Crippen LogP contribution in [0.25, 0.3) is 11.6 Å². The summed E-state index contributed by atoms with van der Waals surface area (Å²) < 4.78 is 5.22. The van der Waals surface area contributed by atoms with Gasteiger partial charge in [0.05, 0.1) is 0 Å². The number of hydrogen-bond acceptors (Lipinski definition) is 4. The number of rotatable bonds is 2. The molecule has 1 saturated carbocycles. The van der Waals surface area contributed by atoms with Crippen molar-refractivity contribution < 1.29 is 4.52 Å². The molecule has 86 valence electrons. The van der Waals surface area contributed by atoms with Gasteiger partial charge < -0.3 is 9.51 Å². The van der Waals surface area contributed by atoms with Crippen molar-refractivity contribution in [1.29, 1.82) is 5.26 Å². The third-order valence-electron chi connectivity index (χ3n) is 3.20. The summed E-state index contributed by atoms with van der Waals surface area (Å²) in [6, 6.07) is 5.52. The van der Waals surface area contributed by atoms with Crippen LogP contribution in [0.4, 0.5) is 0 Å². The Hall–Kier alpha value is -2.09. The van der Waals surface area contributed by atoms with Gasteiger partial charge in [0, 0.05) is 5.92 Å². The summed E-state index contributed by atoms with van der Waals surface area (Å²) in [6.07, 6.45) is 4.78. The number of H-pyrrole nitrogens is 1. The molecule has 0 bridgehead atoms. The highest BCUT2D eigenvalue weighted by molar-refractivity contribution is 5.49. The molecular weight excluding hydrogens is 216 g/mol. The minimum atomic E-state index is 0.442. The summed E-state index contributed by atoms with van der Waals surface area (Å²) in [6.45, 7) is 0. The quantitative estimate of drug-likeness (QED) is 0.856. The Morgan fingerprint density at radius 2 is 2.18 bits per heavy atom. The van der Waals surface area contributed by atoms with Crippen molar-refractivity contribution in [3.8, 4) is 17.7 Å². The number of aromatic amines is 1. The van der Waals surface area contributed by atoms with Gasteiger partial charge in [-0.3, -0.25) is 0 Å². The van der Waals surface area contributed by atoms with Crippen LogP contribution in [0.5, 0.6) is 0 Å². The molecule has 0 amide bonds. The van der Waals surface area contributed by atoms with Crippen LogP contribution >= 0.6 is 0 Å². The maximum Gasteiger partial charge on any atom is 0.274 e. The highest BCUT2D eigenvalue weighted by atomic mass is 16.5. The Labute approximate surface area is 98.5 Å². The van der Waals surface area contributed by atoms with Crippen LogP contribution in [0.1, 0.15) is 43.1 Å². The predicted molar refractivity (Wildman–Crippen MR) is 60.0 cm³/mol. The molecule has 1 N–H and O–H groups in total. The average molecular weight is 228 g/mol. The smallest absolute Gasteiger partial charge is 0.274 e. The highest BCUT2D eigenvalue weighted by Crippen LogP contribution is 2.33. The zero-order valence-electron chi connectivity index (χ0n) is 9.31. The summed E-state index contributed by atoms with van der Waals surface area (Å²) in [7, 11) is 0. The molecule has 0 aromatic carbocycles. The van der Waals surface area contributed by atoms with E-state index in [2.05, 4.69) is 15.1 Å². The molecule has 5 nitrogen and oxygen atoms in total. The monoisotopic (exact) mass is 228 g/mol. The van der Waals surface area contributed by atoms with Gasteiger partial charge in [-0.05, 0) is 25.0 Å². The molecule has 0 atom stereocenters. The van der Waals surface area contributed by atoms with Crippen LogP contribution in [-0.4, -0.2) is 15.1 Å². The zero-order chi connectivity index (χ0) is 11.7. The Balaban J connectivity index is 1.86. The number of hydrogen-bond donors (Lipinski definition) is 1. The van der Waals surface area contributed by atoms with Crippen LogP contribution < -0.4 is 0 Å². The molecule has 1 fully saturated rings.